The number of alkyl halides is 3. The van der Waals surface area contributed by atoms with E-state index in [-0.39, 0.29) is 6.61 Å². The molecule has 98 valence electrons. The number of ether oxygens (including phenoxy) is 1. The van der Waals surface area contributed by atoms with Gasteiger partial charge in [0, 0.05) is 6.61 Å². The van der Waals surface area contributed by atoms with Crippen LogP contribution in [0, 0.1) is 17.2 Å². The van der Waals surface area contributed by atoms with Gasteiger partial charge in [0.05, 0.1) is 12.7 Å². The van der Waals surface area contributed by atoms with Crippen molar-refractivity contribution in [3.63, 3.8) is 0 Å². The quantitative estimate of drug-likeness (QED) is 0.732. The van der Waals surface area contributed by atoms with Gasteiger partial charge in [0.25, 0.3) is 0 Å². The maximum Gasteiger partial charge on any atom is 0.406 e. The number of nitriles is 1. The van der Waals surface area contributed by atoms with Crippen LogP contribution in [-0.2, 0) is 11.2 Å². The van der Waals surface area contributed by atoms with Gasteiger partial charge in [-0.15, -0.1) is 0 Å². The summed E-state index contributed by atoms with van der Waals surface area (Å²) < 4.78 is 41.5. The van der Waals surface area contributed by atoms with Crippen molar-refractivity contribution in [2.24, 2.45) is 5.92 Å². The summed E-state index contributed by atoms with van der Waals surface area (Å²) in [4.78, 5) is 0. The maximum absolute atomic E-state index is 12.2. The molecule has 1 aromatic carbocycles. The molecule has 0 bridgehead atoms. The van der Waals surface area contributed by atoms with Gasteiger partial charge >= 0.3 is 6.18 Å². The summed E-state index contributed by atoms with van der Waals surface area (Å²) in [5.41, 5.74) is 1.12. The Bertz CT molecular complexity index is 383. The average Bonchev–Trinajstić information content (AvgIpc) is 2.33. The number of hydrogen-bond donors (Lipinski definition) is 0. The maximum atomic E-state index is 12.2. The van der Waals surface area contributed by atoms with Gasteiger partial charge in [0.2, 0.25) is 0 Å². The van der Waals surface area contributed by atoms with Crippen molar-refractivity contribution in [3.8, 4) is 6.07 Å². The van der Waals surface area contributed by atoms with Crippen LogP contribution >= 0.6 is 0 Å². The van der Waals surface area contributed by atoms with Gasteiger partial charge in [0.15, 0.2) is 5.92 Å². The zero-order valence-corrected chi connectivity index (χ0v) is 9.78. The van der Waals surface area contributed by atoms with Gasteiger partial charge in [-0.05, 0) is 18.4 Å². The summed E-state index contributed by atoms with van der Waals surface area (Å²) in [5.74, 6) is -2.03. The van der Waals surface area contributed by atoms with Crippen LogP contribution in [0.15, 0.2) is 30.3 Å². The fourth-order valence-electron chi connectivity index (χ4n) is 1.43. The van der Waals surface area contributed by atoms with Gasteiger partial charge in [-0.1, -0.05) is 30.3 Å². The SMILES string of the molecule is N#CC(COCCCc1ccccc1)C(F)(F)F. The molecule has 0 aromatic heterocycles. The number of rotatable bonds is 6. The largest absolute Gasteiger partial charge is 0.406 e. The topological polar surface area (TPSA) is 33.0 Å². The molecule has 0 amide bonds. The Hall–Kier alpha value is -1.54. The Balaban J connectivity index is 2.18. The number of benzene rings is 1. The summed E-state index contributed by atoms with van der Waals surface area (Å²) >= 11 is 0. The number of aryl methyl sites for hydroxylation is 1. The Labute approximate surface area is 104 Å². The van der Waals surface area contributed by atoms with Crippen LogP contribution < -0.4 is 0 Å². The molecule has 0 saturated heterocycles. The molecule has 1 rings (SSSR count). The first-order chi connectivity index (χ1) is 8.54. The molecule has 18 heavy (non-hydrogen) atoms. The minimum Gasteiger partial charge on any atom is -0.380 e. The molecule has 1 atom stereocenters. The second-order valence-electron chi connectivity index (χ2n) is 3.89. The van der Waals surface area contributed by atoms with Gasteiger partial charge in [-0.2, -0.15) is 18.4 Å². The molecule has 0 N–H and O–H groups in total. The van der Waals surface area contributed by atoms with Crippen LogP contribution in [0.1, 0.15) is 12.0 Å². The van der Waals surface area contributed by atoms with Gasteiger partial charge < -0.3 is 4.74 Å². The third kappa shape index (κ3) is 5.19. The molecule has 5 heteroatoms. The lowest BCUT2D eigenvalue weighted by atomic mass is 10.1. The van der Waals surface area contributed by atoms with Crippen LogP contribution in [0.3, 0.4) is 0 Å². The number of halogens is 3. The van der Waals surface area contributed by atoms with E-state index in [1.807, 2.05) is 30.3 Å². The second-order valence-corrected chi connectivity index (χ2v) is 3.89. The first-order valence-corrected chi connectivity index (χ1v) is 5.62. The molecule has 1 unspecified atom stereocenters. The molecule has 0 heterocycles. The first-order valence-electron chi connectivity index (χ1n) is 5.62. The van der Waals surface area contributed by atoms with Crippen LogP contribution in [0.4, 0.5) is 13.2 Å². The lowest BCUT2D eigenvalue weighted by Crippen LogP contribution is -2.26. The summed E-state index contributed by atoms with van der Waals surface area (Å²) in [5, 5.41) is 8.35. The highest BCUT2D eigenvalue weighted by molar-refractivity contribution is 5.14. The summed E-state index contributed by atoms with van der Waals surface area (Å²) in [6.45, 7) is -0.363. The fourth-order valence-corrected chi connectivity index (χ4v) is 1.43. The van der Waals surface area contributed by atoms with E-state index in [0.717, 1.165) is 12.0 Å². The third-order valence-corrected chi connectivity index (χ3v) is 2.43. The first kappa shape index (κ1) is 14.5. The highest BCUT2D eigenvalue weighted by atomic mass is 19.4. The zero-order chi connectivity index (χ0) is 13.4. The monoisotopic (exact) mass is 257 g/mol. The van der Waals surface area contributed by atoms with Gasteiger partial charge in [-0.3, -0.25) is 0 Å². The highest BCUT2D eigenvalue weighted by Crippen LogP contribution is 2.25. The van der Waals surface area contributed by atoms with Gasteiger partial charge in [0.1, 0.15) is 0 Å². The van der Waals surface area contributed by atoms with Crippen molar-refractivity contribution in [1.29, 1.82) is 5.26 Å². The molecule has 0 fully saturated rings. The van der Waals surface area contributed by atoms with Crippen molar-refractivity contribution < 1.29 is 17.9 Å². The molecule has 0 spiro atoms. The van der Waals surface area contributed by atoms with Crippen LogP contribution in [0.25, 0.3) is 0 Å². The molecule has 0 radical (unpaired) electrons. The predicted octanol–water partition coefficient (Wildman–Crippen LogP) is 3.34. The fraction of sp³-hybridized carbons (Fsp3) is 0.462. The van der Waals surface area contributed by atoms with Crippen molar-refractivity contribution >= 4 is 0 Å². The third-order valence-electron chi connectivity index (χ3n) is 2.43. The Morgan fingerprint density at radius 1 is 1.22 bits per heavy atom. The normalized spacial score (nSPS) is 13.0. The van der Waals surface area contributed by atoms with E-state index in [9.17, 15) is 13.2 Å². The molecule has 0 aliphatic heterocycles. The summed E-state index contributed by atoms with van der Waals surface area (Å²) in [6, 6.07) is 10.8. The zero-order valence-electron chi connectivity index (χ0n) is 9.78. The minimum absolute atomic E-state index is 0.225. The lowest BCUT2D eigenvalue weighted by molar-refractivity contribution is -0.171. The van der Waals surface area contributed by atoms with Crippen molar-refractivity contribution in [1.82, 2.24) is 0 Å². The van der Waals surface area contributed by atoms with E-state index in [1.54, 1.807) is 0 Å². The van der Waals surface area contributed by atoms with E-state index < -0.39 is 18.7 Å². The summed E-state index contributed by atoms with van der Waals surface area (Å²) in [7, 11) is 0. The Kier molecular flexibility index (Phi) is 5.66. The minimum atomic E-state index is -4.51. The lowest BCUT2D eigenvalue weighted by Gasteiger charge is -2.13. The van der Waals surface area contributed by atoms with Crippen LogP contribution in [0.2, 0.25) is 0 Å². The van der Waals surface area contributed by atoms with E-state index in [4.69, 9.17) is 10.00 Å². The summed E-state index contributed by atoms with van der Waals surface area (Å²) in [6.07, 6.45) is -3.11. The average molecular weight is 257 g/mol. The predicted molar refractivity (Wildman–Crippen MR) is 60.7 cm³/mol. The molecule has 1 aromatic rings. The van der Waals surface area contributed by atoms with Crippen molar-refractivity contribution in [3.05, 3.63) is 35.9 Å². The van der Waals surface area contributed by atoms with E-state index in [1.165, 1.54) is 6.07 Å². The van der Waals surface area contributed by atoms with E-state index in [0.29, 0.717) is 6.42 Å². The van der Waals surface area contributed by atoms with Crippen molar-refractivity contribution in [2.45, 2.75) is 19.0 Å². The smallest absolute Gasteiger partial charge is 0.380 e. The van der Waals surface area contributed by atoms with Gasteiger partial charge in [-0.25, -0.2) is 0 Å². The number of nitrogens with zero attached hydrogens (tertiary/aromatic N) is 1. The molecule has 0 saturated carbocycles. The highest BCUT2D eigenvalue weighted by Gasteiger charge is 2.39. The number of hydrogen-bond acceptors (Lipinski definition) is 2. The molecular weight excluding hydrogens is 243 g/mol. The molecule has 2 nitrogen and oxygen atoms in total. The Morgan fingerprint density at radius 3 is 2.44 bits per heavy atom. The van der Waals surface area contributed by atoms with Crippen LogP contribution in [0.5, 0.6) is 0 Å². The second kappa shape index (κ2) is 7.02. The standard InChI is InChI=1S/C13H14F3NO/c14-13(15,16)12(9-17)10-18-8-4-7-11-5-2-1-3-6-11/h1-3,5-6,12H,4,7-8,10H2. The van der Waals surface area contributed by atoms with E-state index in [2.05, 4.69) is 0 Å². The van der Waals surface area contributed by atoms with Crippen molar-refractivity contribution in [2.75, 3.05) is 13.2 Å². The molecule has 0 aliphatic rings. The van der Waals surface area contributed by atoms with Crippen LogP contribution in [-0.4, -0.2) is 19.4 Å². The van der Waals surface area contributed by atoms with E-state index >= 15 is 0 Å². The molecule has 0 aliphatic carbocycles. The Morgan fingerprint density at radius 2 is 1.89 bits per heavy atom. The molecular formula is C13H14F3NO.